The summed E-state index contributed by atoms with van der Waals surface area (Å²) in [5, 5.41) is 5.77. The van der Waals surface area contributed by atoms with Crippen LogP contribution in [0.2, 0.25) is 0 Å². The number of rotatable bonds is 8. The van der Waals surface area contributed by atoms with Crippen molar-refractivity contribution in [1.29, 1.82) is 0 Å². The van der Waals surface area contributed by atoms with Crippen molar-refractivity contribution in [2.45, 2.75) is 32.6 Å². The van der Waals surface area contributed by atoms with Gasteiger partial charge in [0.2, 0.25) is 5.91 Å². The number of carbonyl (C=O) groups excluding carboxylic acids is 2. The second-order valence-electron chi connectivity index (χ2n) is 6.82. The van der Waals surface area contributed by atoms with E-state index < -0.39 is 0 Å². The van der Waals surface area contributed by atoms with Crippen LogP contribution in [0.25, 0.3) is 0 Å². The van der Waals surface area contributed by atoms with Gasteiger partial charge in [-0.3, -0.25) is 4.79 Å². The highest BCUT2D eigenvalue weighted by molar-refractivity contribution is 5.77. The van der Waals surface area contributed by atoms with Crippen molar-refractivity contribution in [2.75, 3.05) is 32.7 Å². The lowest BCUT2D eigenvalue weighted by Gasteiger charge is -2.31. The molecule has 25 heavy (non-hydrogen) atoms. The van der Waals surface area contributed by atoms with E-state index in [-0.39, 0.29) is 17.9 Å². The minimum atomic E-state index is -0.198. The van der Waals surface area contributed by atoms with Crippen LogP contribution in [0.1, 0.15) is 30.4 Å². The first-order valence-corrected chi connectivity index (χ1v) is 9.13. The summed E-state index contributed by atoms with van der Waals surface area (Å²) in [4.78, 5) is 25.3. The Labute approximate surface area is 150 Å². The van der Waals surface area contributed by atoms with Gasteiger partial charge in [0.05, 0.1) is 5.92 Å². The summed E-state index contributed by atoms with van der Waals surface area (Å²) in [6.07, 6.45) is 3.61. The van der Waals surface area contributed by atoms with E-state index in [1.165, 1.54) is 11.1 Å². The highest BCUT2D eigenvalue weighted by Crippen LogP contribution is 2.15. The van der Waals surface area contributed by atoms with E-state index in [9.17, 15) is 9.59 Å². The maximum atomic E-state index is 11.8. The predicted molar refractivity (Wildman–Crippen MR) is 99.3 cm³/mol. The van der Waals surface area contributed by atoms with Crippen LogP contribution >= 0.6 is 0 Å². The third-order valence-electron chi connectivity index (χ3n) is 4.63. The molecule has 1 heterocycles. The first kappa shape index (κ1) is 19.2. The maximum Gasteiger partial charge on any atom is 0.314 e. The van der Waals surface area contributed by atoms with Crippen LogP contribution in [0.5, 0.6) is 0 Å². The Morgan fingerprint density at radius 2 is 2.08 bits per heavy atom. The summed E-state index contributed by atoms with van der Waals surface area (Å²) in [7, 11) is 0. The number of likely N-dealkylation sites (tertiary alicyclic amines) is 1. The molecule has 1 fully saturated rings. The standard InChI is InChI=1S/C19H30N4O2/c1-15-5-2-6-16(13-15)8-10-22-19(25)21-9-4-12-23-11-3-7-17(14-23)18(20)24/h2,5-6,13,17H,3-4,7-12,14H2,1H3,(H2,20,24)(H2,21,22,25). The summed E-state index contributed by atoms with van der Waals surface area (Å²) in [5.41, 5.74) is 7.86. The van der Waals surface area contributed by atoms with Gasteiger partial charge in [-0.25, -0.2) is 4.79 Å². The summed E-state index contributed by atoms with van der Waals surface area (Å²) >= 11 is 0. The quantitative estimate of drug-likeness (QED) is 0.622. The largest absolute Gasteiger partial charge is 0.369 e. The van der Waals surface area contributed by atoms with Gasteiger partial charge in [-0.2, -0.15) is 0 Å². The summed E-state index contributed by atoms with van der Waals surface area (Å²) in [6.45, 7) is 5.96. The number of aryl methyl sites for hydroxylation is 1. The number of nitrogens with zero attached hydrogens (tertiary/aromatic N) is 1. The molecule has 0 saturated carbocycles. The average Bonchev–Trinajstić information content (AvgIpc) is 2.59. The molecule has 0 bridgehead atoms. The molecule has 3 amide bonds. The summed E-state index contributed by atoms with van der Waals surface area (Å²) in [6, 6.07) is 8.19. The molecule has 0 spiro atoms. The van der Waals surface area contributed by atoms with Gasteiger partial charge in [-0.1, -0.05) is 29.8 Å². The van der Waals surface area contributed by atoms with Crippen molar-refractivity contribution >= 4 is 11.9 Å². The number of nitrogens with two attached hydrogens (primary N) is 1. The van der Waals surface area contributed by atoms with Gasteiger partial charge < -0.3 is 21.3 Å². The molecule has 1 saturated heterocycles. The van der Waals surface area contributed by atoms with E-state index in [2.05, 4.69) is 40.7 Å². The molecule has 0 radical (unpaired) electrons. The lowest BCUT2D eigenvalue weighted by molar-refractivity contribution is -0.123. The molecule has 0 aliphatic carbocycles. The molecular weight excluding hydrogens is 316 g/mol. The molecule has 6 nitrogen and oxygen atoms in total. The summed E-state index contributed by atoms with van der Waals surface area (Å²) < 4.78 is 0. The molecule has 1 aromatic rings. The zero-order valence-corrected chi connectivity index (χ0v) is 15.1. The molecule has 1 aliphatic heterocycles. The molecule has 0 aromatic heterocycles. The number of nitrogens with one attached hydrogen (secondary N) is 2. The second kappa shape index (κ2) is 10.0. The lowest BCUT2D eigenvalue weighted by Crippen LogP contribution is -2.42. The number of amides is 3. The first-order chi connectivity index (χ1) is 12.0. The van der Waals surface area contributed by atoms with Crippen LogP contribution in [-0.4, -0.2) is 49.6 Å². The second-order valence-corrected chi connectivity index (χ2v) is 6.82. The third-order valence-corrected chi connectivity index (χ3v) is 4.63. The normalized spacial score (nSPS) is 17.9. The number of hydrogen-bond acceptors (Lipinski definition) is 3. The number of benzene rings is 1. The zero-order valence-electron chi connectivity index (χ0n) is 15.1. The van der Waals surface area contributed by atoms with E-state index in [4.69, 9.17) is 5.73 Å². The fourth-order valence-electron chi connectivity index (χ4n) is 3.25. The molecule has 1 aliphatic rings. The van der Waals surface area contributed by atoms with Crippen LogP contribution in [0.4, 0.5) is 4.79 Å². The van der Waals surface area contributed by atoms with Crippen molar-refractivity contribution in [1.82, 2.24) is 15.5 Å². The topological polar surface area (TPSA) is 87.5 Å². The maximum absolute atomic E-state index is 11.8. The third kappa shape index (κ3) is 7.13. The molecule has 1 aromatic carbocycles. The minimum absolute atomic E-state index is 0.0216. The molecule has 138 valence electrons. The Balaban J connectivity index is 1.54. The molecule has 1 atom stereocenters. The van der Waals surface area contributed by atoms with Gasteiger partial charge in [0.1, 0.15) is 0 Å². The number of urea groups is 1. The van der Waals surface area contributed by atoms with Crippen LogP contribution in [-0.2, 0) is 11.2 Å². The Morgan fingerprint density at radius 3 is 2.84 bits per heavy atom. The zero-order chi connectivity index (χ0) is 18.1. The predicted octanol–water partition coefficient (Wildman–Crippen LogP) is 1.42. The van der Waals surface area contributed by atoms with Crippen LogP contribution in [0.15, 0.2) is 24.3 Å². The van der Waals surface area contributed by atoms with Gasteiger partial charge in [0.15, 0.2) is 0 Å². The van der Waals surface area contributed by atoms with Crippen LogP contribution in [0, 0.1) is 12.8 Å². The minimum Gasteiger partial charge on any atom is -0.369 e. The van der Waals surface area contributed by atoms with E-state index in [0.717, 1.165) is 45.3 Å². The van der Waals surface area contributed by atoms with Gasteiger partial charge >= 0.3 is 6.03 Å². The Morgan fingerprint density at radius 1 is 1.28 bits per heavy atom. The number of primary amides is 1. The van der Waals surface area contributed by atoms with Crippen molar-refractivity contribution in [2.24, 2.45) is 11.7 Å². The molecule has 1 unspecified atom stereocenters. The van der Waals surface area contributed by atoms with Crippen molar-refractivity contribution in [3.8, 4) is 0 Å². The highest BCUT2D eigenvalue weighted by atomic mass is 16.2. The molecular formula is C19H30N4O2. The number of piperidine rings is 1. The Hall–Kier alpha value is -2.08. The number of hydrogen-bond donors (Lipinski definition) is 3. The Bertz CT molecular complexity index is 576. The van der Waals surface area contributed by atoms with Crippen LogP contribution in [0.3, 0.4) is 0 Å². The van der Waals surface area contributed by atoms with E-state index in [0.29, 0.717) is 13.1 Å². The highest BCUT2D eigenvalue weighted by Gasteiger charge is 2.23. The van der Waals surface area contributed by atoms with Crippen molar-refractivity contribution in [3.63, 3.8) is 0 Å². The fourth-order valence-corrected chi connectivity index (χ4v) is 3.25. The van der Waals surface area contributed by atoms with Gasteiger partial charge in [0, 0.05) is 19.6 Å². The smallest absolute Gasteiger partial charge is 0.314 e. The SMILES string of the molecule is Cc1cccc(CCNC(=O)NCCCN2CCCC(C(N)=O)C2)c1. The lowest BCUT2D eigenvalue weighted by atomic mass is 9.97. The van der Waals surface area contributed by atoms with E-state index >= 15 is 0 Å². The van der Waals surface area contributed by atoms with E-state index in [1.807, 2.05) is 6.07 Å². The van der Waals surface area contributed by atoms with Crippen LogP contribution < -0.4 is 16.4 Å². The average molecular weight is 346 g/mol. The molecule has 2 rings (SSSR count). The summed E-state index contributed by atoms with van der Waals surface area (Å²) in [5.74, 6) is -0.220. The van der Waals surface area contributed by atoms with Crippen molar-refractivity contribution < 1.29 is 9.59 Å². The molecule has 4 N–H and O–H groups in total. The molecule has 6 heteroatoms. The van der Waals surface area contributed by atoms with Gasteiger partial charge in [0.25, 0.3) is 0 Å². The fraction of sp³-hybridized carbons (Fsp3) is 0.579. The van der Waals surface area contributed by atoms with Gasteiger partial charge in [-0.05, 0) is 51.3 Å². The van der Waals surface area contributed by atoms with Gasteiger partial charge in [-0.15, -0.1) is 0 Å². The number of carbonyl (C=O) groups is 2. The van der Waals surface area contributed by atoms with Crippen molar-refractivity contribution in [3.05, 3.63) is 35.4 Å². The first-order valence-electron chi connectivity index (χ1n) is 9.13. The monoisotopic (exact) mass is 346 g/mol. The van der Waals surface area contributed by atoms with E-state index in [1.54, 1.807) is 0 Å². The Kier molecular flexibility index (Phi) is 7.73.